The average Bonchev–Trinajstić information content (AvgIpc) is 3.50. The van der Waals surface area contributed by atoms with Crippen molar-refractivity contribution in [2.45, 2.75) is 51.2 Å². The van der Waals surface area contributed by atoms with Crippen LogP contribution in [0.2, 0.25) is 5.02 Å². The first-order valence-corrected chi connectivity index (χ1v) is 14.4. The van der Waals surface area contributed by atoms with Crippen molar-refractivity contribution >= 4 is 45.0 Å². The summed E-state index contributed by atoms with van der Waals surface area (Å²) in [5, 5.41) is 21.7. The van der Waals surface area contributed by atoms with Crippen molar-refractivity contribution in [2.75, 3.05) is 6.54 Å². The van der Waals surface area contributed by atoms with Crippen LogP contribution < -0.4 is 0 Å². The summed E-state index contributed by atoms with van der Waals surface area (Å²) in [4.78, 5) is 30.4. The van der Waals surface area contributed by atoms with Gasteiger partial charge in [0.05, 0.1) is 21.9 Å². The summed E-state index contributed by atoms with van der Waals surface area (Å²) in [6, 6.07) is 20.8. The molecule has 39 heavy (non-hydrogen) atoms. The molecule has 0 aliphatic carbocycles. The molecule has 0 spiro atoms. The molecule has 2 N–H and O–H groups in total. The highest BCUT2D eigenvalue weighted by atomic mass is 35.5. The Hall–Kier alpha value is -3.26. The molecule has 3 atom stereocenters. The number of aliphatic hydroxyl groups excluding tert-OH is 1. The van der Waals surface area contributed by atoms with Gasteiger partial charge in [0.25, 0.3) is 0 Å². The SMILES string of the molecule is CC(C[C@@H](O)Cc1cccc(-c2nc3cc(Cl)ccc3s2)c1)[C@H]1CCC(=O)N1CCc1ccc(C(=O)O)cc1. The number of halogens is 1. The fourth-order valence-electron chi connectivity index (χ4n) is 5.50. The second kappa shape index (κ2) is 11.9. The van der Waals surface area contributed by atoms with E-state index < -0.39 is 12.1 Å². The fraction of sp³-hybridized carbons (Fsp3) is 0.323. The van der Waals surface area contributed by atoms with Crippen molar-refractivity contribution < 1.29 is 19.8 Å². The lowest BCUT2D eigenvalue weighted by Gasteiger charge is -2.31. The van der Waals surface area contributed by atoms with Gasteiger partial charge in [-0.3, -0.25) is 4.79 Å². The number of aliphatic hydroxyl groups is 1. The summed E-state index contributed by atoms with van der Waals surface area (Å²) in [5.74, 6) is -0.649. The molecular weight excluding hydrogens is 532 g/mol. The number of carbonyl (C=O) groups excluding carboxylic acids is 1. The Labute approximate surface area is 236 Å². The molecule has 8 heteroatoms. The quantitative estimate of drug-likeness (QED) is 0.231. The van der Waals surface area contributed by atoms with Gasteiger partial charge in [0.2, 0.25) is 5.91 Å². The van der Waals surface area contributed by atoms with Crippen molar-refractivity contribution in [3.8, 4) is 10.6 Å². The van der Waals surface area contributed by atoms with E-state index in [-0.39, 0.29) is 23.4 Å². The molecule has 1 fully saturated rings. The summed E-state index contributed by atoms with van der Waals surface area (Å²) in [6.07, 6.45) is 2.60. The first-order chi connectivity index (χ1) is 18.8. The highest BCUT2D eigenvalue weighted by Gasteiger charge is 2.34. The molecule has 2 heterocycles. The molecule has 3 aromatic carbocycles. The first-order valence-electron chi connectivity index (χ1n) is 13.2. The number of carbonyl (C=O) groups is 2. The zero-order valence-corrected chi connectivity index (χ0v) is 23.3. The minimum atomic E-state index is -0.947. The van der Waals surface area contributed by atoms with E-state index in [1.807, 2.05) is 53.4 Å². The number of carboxylic acids is 1. The maximum absolute atomic E-state index is 12.7. The Morgan fingerprint density at radius 2 is 1.92 bits per heavy atom. The molecule has 1 unspecified atom stereocenters. The number of benzene rings is 3. The number of hydrogen-bond donors (Lipinski definition) is 2. The van der Waals surface area contributed by atoms with Crippen LogP contribution in [-0.4, -0.2) is 50.7 Å². The van der Waals surface area contributed by atoms with Crippen LogP contribution in [-0.2, 0) is 17.6 Å². The van der Waals surface area contributed by atoms with Gasteiger partial charge in [-0.2, -0.15) is 0 Å². The molecule has 0 saturated carbocycles. The van der Waals surface area contributed by atoms with Crippen molar-refractivity contribution in [3.63, 3.8) is 0 Å². The van der Waals surface area contributed by atoms with Gasteiger partial charge >= 0.3 is 5.97 Å². The number of thiazole rings is 1. The molecule has 1 aromatic heterocycles. The average molecular weight is 563 g/mol. The number of nitrogens with zero attached hydrogens (tertiary/aromatic N) is 2. The third-order valence-corrected chi connectivity index (χ3v) is 8.83. The Balaban J connectivity index is 1.19. The standard InChI is InChI=1S/C31H31ClN2O4S/c1-19(27-10-12-29(36)34(27)14-13-20-5-7-22(8-6-20)31(37)38)15-25(35)17-21-3-2-4-23(16-21)30-33-26-18-24(32)9-11-28(26)39-30/h2-9,11,16,18-19,25,27,35H,10,12-15,17H2,1H3,(H,37,38)/t19?,25-,27-/m1/s1. The number of rotatable bonds is 10. The number of aromatic nitrogens is 1. The minimum Gasteiger partial charge on any atom is -0.478 e. The lowest BCUT2D eigenvalue weighted by Crippen LogP contribution is -2.39. The van der Waals surface area contributed by atoms with Crippen LogP contribution in [0.5, 0.6) is 0 Å². The van der Waals surface area contributed by atoms with E-state index in [2.05, 4.69) is 13.0 Å². The number of hydrogen-bond acceptors (Lipinski definition) is 5. The molecule has 0 radical (unpaired) electrons. The van der Waals surface area contributed by atoms with Crippen LogP contribution >= 0.6 is 22.9 Å². The number of fused-ring (bicyclic) bond motifs is 1. The third-order valence-electron chi connectivity index (χ3n) is 7.51. The molecule has 202 valence electrons. The van der Waals surface area contributed by atoms with Crippen LogP contribution in [0.15, 0.2) is 66.7 Å². The molecule has 5 rings (SSSR count). The van der Waals surface area contributed by atoms with Crippen molar-refractivity contribution in [1.29, 1.82) is 0 Å². The molecule has 4 aromatic rings. The molecule has 1 aliphatic heterocycles. The van der Waals surface area contributed by atoms with Gasteiger partial charge in [0, 0.05) is 29.6 Å². The molecule has 1 amide bonds. The van der Waals surface area contributed by atoms with E-state index in [1.54, 1.807) is 23.5 Å². The summed E-state index contributed by atoms with van der Waals surface area (Å²) < 4.78 is 1.08. The fourth-order valence-corrected chi connectivity index (χ4v) is 6.61. The molecule has 1 saturated heterocycles. The molecular formula is C31H31ClN2O4S. The second-order valence-corrected chi connectivity index (χ2v) is 11.8. The Bertz CT molecular complexity index is 1490. The van der Waals surface area contributed by atoms with Crippen LogP contribution in [0.25, 0.3) is 20.8 Å². The Kier molecular flexibility index (Phi) is 8.31. The zero-order chi connectivity index (χ0) is 27.5. The van der Waals surface area contributed by atoms with Crippen LogP contribution in [0.1, 0.15) is 47.7 Å². The molecule has 0 bridgehead atoms. The highest BCUT2D eigenvalue weighted by molar-refractivity contribution is 7.21. The molecule has 1 aliphatic rings. The van der Waals surface area contributed by atoms with Crippen LogP contribution in [0.4, 0.5) is 0 Å². The maximum Gasteiger partial charge on any atom is 0.335 e. The van der Waals surface area contributed by atoms with Gasteiger partial charge in [-0.25, -0.2) is 9.78 Å². The highest BCUT2D eigenvalue weighted by Crippen LogP contribution is 2.33. The van der Waals surface area contributed by atoms with E-state index in [9.17, 15) is 14.7 Å². The van der Waals surface area contributed by atoms with Gasteiger partial charge in [0.15, 0.2) is 0 Å². The van der Waals surface area contributed by atoms with Crippen molar-refractivity contribution in [3.05, 3.63) is 88.4 Å². The lowest BCUT2D eigenvalue weighted by atomic mass is 9.91. The van der Waals surface area contributed by atoms with Crippen LogP contribution in [0, 0.1) is 5.92 Å². The van der Waals surface area contributed by atoms with Crippen LogP contribution in [0.3, 0.4) is 0 Å². The smallest absolute Gasteiger partial charge is 0.335 e. The summed E-state index contributed by atoms with van der Waals surface area (Å²) in [6.45, 7) is 2.70. The Morgan fingerprint density at radius 1 is 1.13 bits per heavy atom. The zero-order valence-electron chi connectivity index (χ0n) is 21.7. The van der Waals surface area contributed by atoms with Gasteiger partial charge in [-0.05, 0) is 79.1 Å². The van der Waals surface area contributed by atoms with Gasteiger partial charge in [-0.1, -0.05) is 48.9 Å². The monoisotopic (exact) mass is 562 g/mol. The minimum absolute atomic E-state index is 0.0892. The topological polar surface area (TPSA) is 90.7 Å². The van der Waals surface area contributed by atoms with Crippen molar-refractivity contribution in [1.82, 2.24) is 9.88 Å². The summed E-state index contributed by atoms with van der Waals surface area (Å²) >= 11 is 7.74. The normalized spacial score (nSPS) is 17.1. The van der Waals surface area contributed by atoms with E-state index in [1.165, 1.54) is 0 Å². The second-order valence-electron chi connectivity index (χ2n) is 10.3. The predicted octanol–water partition coefficient (Wildman–Crippen LogP) is 6.48. The van der Waals surface area contributed by atoms with E-state index in [0.717, 1.165) is 38.3 Å². The van der Waals surface area contributed by atoms with Gasteiger partial charge in [0.1, 0.15) is 5.01 Å². The number of likely N-dealkylation sites (tertiary alicyclic amines) is 1. The number of amides is 1. The number of aromatic carboxylic acids is 1. The molecule has 6 nitrogen and oxygen atoms in total. The first kappa shape index (κ1) is 27.3. The van der Waals surface area contributed by atoms with E-state index in [4.69, 9.17) is 21.7 Å². The Morgan fingerprint density at radius 3 is 2.69 bits per heavy atom. The van der Waals surface area contributed by atoms with Gasteiger partial charge in [-0.15, -0.1) is 11.3 Å². The van der Waals surface area contributed by atoms with E-state index in [0.29, 0.717) is 37.3 Å². The largest absolute Gasteiger partial charge is 0.478 e. The summed E-state index contributed by atoms with van der Waals surface area (Å²) in [7, 11) is 0. The maximum atomic E-state index is 12.7. The van der Waals surface area contributed by atoms with E-state index >= 15 is 0 Å². The summed E-state index contributed by atoms with van der Waals surface area (Å²) in [5.41, 5.74) is 4.21. The third kappa shape index (κ3) is 6.49. The lowest BCUT2D eigenvalue weighted by molar-refractivity contribution is -0.129. The number of carboxylic acid groups (broad SMARTS) is 1. The van der Waals surface area contributed by atoms with Gasteiger partial charge < -0.3 is 15.1 Å². The predicted molar refractivity (Wildman–Crippen MR) is 155 cm³/mol. The van der Waals surface area contributed by atoms with Crippen molar-refractivity contribution in [2.24, 2.45) is 5.92 Å².